The molecule has 0 fully saturated rings. The zero-order valence-corrected chi connectivity index (χ0v) is 39.6. The Morgan fingerprint density at radius 2 is 0.581 bits per heavy atom. The molecule has 0 aliphatic carbocycles. The molecular weight excluding hydrogens is 921 g/mol. The van der Waals surface area contributed by atoms with E-state index in [0.29, 0.717) is 0 Å². The zero-order valence-electron chi connectivity index (χ0n) is 34.6. The van der Waals surface area contributed by atoms with Crippen molar-refractivity contribution in [2.75, 3.05) is 0 Å². The molecule has 8 bridgehead atoms. The molecule has 0 aromatic carbocycles. The largest absolute Gasteiger partial charge is 1.00 e. The van der Waals surface area contributed by atoms with E-state index in [4.69, 9.17) is 9.97 Å². The number of nitrogens with zero attached hydrogens (tertiary/aromatic N) is 6. The van der Waals surface area contributed by atoms with Crippen LogP contribution >= 0.6 is 0 Å². The van der Waals surface area contributed by atoms with E-state index in [0.717, 1.165) is 116 Å². The van der Waals surface area contributed by atoms with Gasteiger partial charge in [-0.25, -0.2) is 9.97 Å². The third-order valence-electron chi connectivity index (χ3n) is 10.9. The maximum Gasteiger partial charge on any atom is 0.216 e. The van der Waals surface area contributed by atoms with E-state index in [-0.39, 0.29) is 79.1 Å². The molecule has 2 N–H and O–H groups in total. The average molecular weight is 967 g/mol. The molecule has 9 rings (SSSR count). The van der Waals surface area contributed by atoms with Crippen LogP contribution in [-0.2, 0) is 43.2 Å². The molecule has 14 heteroatoms. The normalized spacial score (nSPS) is 10.9. The third-order valence-corrected chi connectivity index (χ3v) is 10.9. The van der Waals surface area contributed by atoms with Gasteiger partial charge in [0, 0.05) is 65.6 Å². The van der Waals surface area contributed by atoms with Gasteiger partial charge in [0.25, 0.3) is 0 Å². The third kappa shape index (κ3) is 9.41. The molecule has 0 saturated heterocycles. The van der Waals surface area contributed by atoms with Gasteiger partial charge in [0.15, 0.2) is 24.8 Å². The smallest absolute Gasteiger partial charge is 0.216 e. The summed E-state index contributed by atoms with van der Waals surface area (Å²) in [5, 5.41) is 0. The molecule has 2 aliphatic heterocycles. The van der Waals surface area contributed by atoms with Crippen LogP contribution in [0.1, 0.15) is 50.5 Å². The van der Waals surface area contributed by atoms with Crippen molar-refractivity contribution < 1.29 is 97.4 Å². The van der Waals surface area contributed by atoms with Gasteiger partial charge in [0.05, 0.1) is 67.1 Å². The number of pyridine rings is 4. The second kappa shape index (κ2) is 22.5. The Labute approximate surface area is 404 Å². The van der Waals surface area contributed by atoms with Gasteiger partial charge in [-0.1, -0.05) is 0 Å². The second-order valence-corrected chi connectivity index (χ2v) is 14.0. The summed E-state index contributed by atoms with van der Waals surface area (Å²) in [5.41, 5.74) is 16.1. The Morgan fingerprint density at radius 3 is 0.790 bits per heavy atom. The summed E-state index contributed by atoms with van der Waals surface area (Å²) in [5.74, 6) is 0. The van der Waals surface area contributed by atoms with Crippen LogP contribution < -0.4 is 80.3 Å². The summed E-state index contributed by atoms with van der Waals surface area (Å²) in [6.07, 6.45) is 17.3. The van der Waals surface area contributed by atoms with Crippen LogP contribution in [0.25, 0.3) is 91.4 Å². The maximum absolute atomic E-state index is 5.52. The zero-order chi connectivity index (χ0) is 38.2. The molecule has 0 amide bonds. The monoisotopic (exact) mass is 964 g/mol. The molecule has 9 heterocycles. The molecule has 62 heavy (non-hydrogen) atoms. The van der Waals surface area contributed by atoms with Gasteiger partial charge in [-0.3, -0.25) is 0 Å². The molecule has 0 spiro atoms. The van der Waals surface area contributed by atoms with Crippen LogP contribution in [0.3, 0.4) is 0 Å². The minimum atomic E-state index is 0. The topological polar surface area (TPSA) is 72.9 Å². The van der Waals surface area contributed by atoms with Crippen molar-refractivity contribution in [2.24, 2.45) is 0 Å². The van der Waals surface area contributed by atoms with Crippen LogP contribution in [0, 0.1) is 0 Å². The summed E-state index contributed by atoms with van der Waals surface area (Å²) in [4.78, 5) is 18.9. The average Bonchev–Trinajstić information content (AvgIpc) is 4.10. The van der Waals surface area contributed by atoms with E-state index in [1.54, 1.807) is 0 Å². The molecule has 0 unspecified atom stereocenters. The number of aryl methyl sites for hydroxylation is 4. The predicted octanol–water partition coefficient (Wildman–Crippen LogP) is -6.43. The molecule has 1 radical (unpaired) electrons. The Morgan fingerprint density at radius 1 is 0.355 bits per heavy atom. The van der Waals surface area contributed by atoms with E-state index in [1.165, 1.54) is 0 Å². The molecule has 0 atom stereocenters. The van der Waals surface area contributed by atoms with E-state index in [2.05, 4.69) is 202 Å². The SMILES string of the molecule is CC[n+]1ccccc1-c1c2nc(c(-c3cccc[n+]3CC)c3ccc([nH]3)c(-c3cccc[n+]3CC)c3nc(c(-c4cccc[n+]4CC)c4ccc1[nH]4)C=C3)C=C2.[Cl-].[Cl-].[Cl-].[Cl-].[Cl-].[Mn]. The maximum atomic E-state index is 5.52. The van der Waals surface area contributed by atoms with E-state index >= 15 is 0 Å². The van der Waals surface area contributed by atoms with Crippen molar-refractivity contribution in [3.63, 3.8) is 0 Å². The Hall–Kier alpha value is -4.83. The summed E-state index contributed by atoms with van der Waals surface area (Å²) >= 11 is 0. The minimum absolute atomic E-state index is 0. The van der Waals surface area contributed by atoms with Gasteiger partial charge < -0.3 is 72.0 Å². The fourth-order valence-corrected chi connectivity index (χ4v) is 8.20. The van der Waals surface area contributed by atoms with Crippen molar-refractivity contribution in [3.8, 4) is 45.0 Å². The number of aromatic nitrogens is 8. The van der Waals surface area contributed by atoms with Gasteiger partial charge in [-0.2, -0.15) is 18.3 Å². The molecular formula is C48H46Cl5MnN8-. The fourth-order valence-electron chi connectivity index (χ4n) is 8.20. The van der Waals surface area contributed by atoms with Crippen molar-refractivity contribution in [2.45, 2.75) is 53.9 Å². The second-order valence-electron chi connectivity index (χ2n) is 14.0. The summed E-state index contributed by atoms with van der Waals surface area (Å²) in [6.45, 7) is 12.0. The first-order valence-corrected chi connectivity index (χ1v) is 19.7. The standard InChI is InChI=1S/C48H45N8.5ClH.Mn/c1-5-53-29-13-9-17-41(53)45-33-21-23-35(49-33)46(42-18-10-14-30-54(42)6-2)37-25-27-39(51-37)48(44-20-12-16-32-56(44)8-4)40-28-26-38(52-40)47(36-24-22-34(45)50-36)43-19-11-15-31-55(43)7-3;;;;;;/h9-32H,5-8H2,1-4H3,(H,49,50,51,52);5*1H;/q+3;;;;;;/p-4. The van der Waals surface area contributed by atoms with Gasteiger partial charge in [0.2, 0.25) is 22.8 Å². The number of rotatable bonds is 8. The van der Waals surface area contributed by atoms with Crippen molar-refractivity contribution in [1.29, 1.82) is 0 Å². The van der Waals surface area contributed by atoms with Crippen LogP contribution in [0.2, 0.25) is 0 Å². The number of aromatic amines is 2. The number of halogens is 5. The first-order valence-electron chi connectivity index (χ1n) is 19.7. The van der Waals surface area contributed by atoms with Crippen LogP contribution in [0.15, 0.2) is 122 Å². The summed E-state index contributed by atoms with van der Waals surface area (Å²) in [7, 11) is 0. The van der Waals surface area contributed by atoms with Gasteiger partial charge in [-0.15, -0.1) is 0 Å². The Kier molecular flexibility index (Phi) is 18.7. The molecule has 0 saturated carbocycles. The molecule has 7 aromatic heterocycles. The van der Waals surface area contributed by atoms with Crippen molar-refractivity contribution in [1.82, 2.24) is 19.9 Å². The number of nitrogens with one attached hydrogen (secondary N) is 2. The van der Waals surface area contributed by atoms with Crippen LogP contribution in [0.5, 0.6) is 0 Å². The number of fused-ring (bicyclic) bond motifs is 8. The van der Waals surface area contributed by atoms with Crippen molar-refractivity contribution >= 4 is 46.4 Å². The predicted molar refractivity (Wildman–Crippen MR) is 224 cm³/mol. The van der Waals surface area contributed by atoms with Gasteiger partial charge in [-0.05, 0) is 101 Å². The fraction of sp³-hybridized carbons (Fsp3) is 0.167. The number of hydrogen-bond acceptors (Lipinski definition) is 2. The van der Waals surface area contributed by atoms with Crippen LogP contribution in [-0.4, -0.2) is 19.9 Å². The summed E-state index contributed by atoms with van der Waals surface area (Å²) < 4.78 is 9.14. The first kappa shape index (κ1) is 51.5. The molecule has 2 aliphatic rings. The summed E-state index contributed by atoms with van der Waals surface area (Å²) in [6, 6.07) is 34.4. The molecule has 8 nitrogen and oxygen atoms in total. The van der Waals surface area contributed by atoms with Gasteiger partial charge in [0.1, 0.15) is 26.2 Å². The molecule has 321 valence electrons. The number of H-pyrrole nitrogens is 2. The van der Waals surface area contributed by atoms with E-state index in [9.17, 15) is 0 Å². The first-order chi connectivity index (χ1) is 27.6. The Bertz CT molecular complexity index is 2530. The van der Waals surface area contributed by atoms with Crippen molar-refractivity contribution in [3.05, 3.63) is 145 Å². The Balaban J connectivity index is 0.00000171. The molecule has 7 aromatic rings. The van der Waals surface area contributed by atoms with E-state index in [1.807, 2.05) is 0 Å². The van der Waals surface area contributed by atoms with Crippen LogP contribution in [0.4, 0.5) is 0 Å². The number of hydrogen-bond donors (Lipinski definition) is 2. The van der Waals surface area contributed by atoms with E-state index < -0.39 is 0 Å². The quantitative estimate of drug-likeness (QED) is 0.118. The van der Waals surface area contributed by atoms with Gasteiger partial charge >= 0.3 is 0 Å². The minimum Gasteiger partial charge on any atom is -1.00 e.